The van der Waals surface area contributed by atoms with E-state index in [0.29, 0.717) is 19.8 Å². The third-order valence-corrected chi connectivity index (χ3v) is 3.83. The Hall–Kier alpha value is -1.66. The highest BCUT2D eigenvalue weighted by atomic mass is 16.5. The van der Waals surface area contributed by atoms with E-state index in [1.165, 1.54) is 0 Å². The lowest BCUT2D eigenvalue weighted by Gasteiger charge is -2.29. The quantitative estimate of drug-likeness (QED) is 0.827. The minimum absolute atomic E-state index is 0.0261. The van der Waals surface area contributed by atoms with Crippen LogP contribution in [0.25, 0.3) is 0 Å². The molecule has 1 amide bonds. The zero-order valence-electron chi connectivity index (χ0n) is 12.7. The number of pyridine rings is 1. The fourth-order valence-electron chi connectivity index (χ4n) is 2.21. The van der Waals surface area contributed by atoms with Gasteiger partial charge in [-0.25, -0.2) is 4.98 Å². The van der Waals surface area contributed by atoms with Crippen LogP contribution in [-0.4, -0.2) is 43.2 Å². The third-order valence-electron chi connectivity index (χ3n) is 3.83. The standard InChI is InChI=1S/C15H24N4O2/c1-11(12(2)16)15(20)18-10-13-4-3-5-17-14(13)19-6-8-21-9-7-19/h3-5,11-12H,6-10,16H2,1-2H3,(H,18,20). The van der Waals surface area contributed by atoms with Gasteiger partial charge in [0.1, 0.15) is 5.82 Å². The SMILES string of the molecule is CC(N)C(C)C(=O)NCc1cccnc1N1CCOCC1. The summed E-state index contributed by atoms with van der Waals surface area (Å²) in [6.07, 6.45) is 1.78. The second-order valence-electron chi connectivity index (χ2n) is 5.45. The van der Waals surface area contributed by atoms with E-state index >= 15 is 0 Å². The molecule has 21 heavy (non-hydrogen) atoms. The number of hydrogen-bond donors (Lipinski definition) is 2. The van der Waals surface area contributed by atoms with E-state index < -0.39 is 0 Å². The maximum absolute atomic E-state index is 12.0. The Labute approximate surface area is 125 Å². The van der Waals surface area contributed by atoms with E-state index in [2.05, 4.69) is 15.2 Å². The van der Waals surface area contributed by atoms with Crippen LogP contribution in [0.3, 0.4) is 0 Å². The van der Waals surface area contributed by atoms with Gasteiger partial charge in [0.2, 0.25) is 5.91 Å². The molecule has 0 bridgehead atoms. The minimum atomic E-state index is -0.200. The Balaban J connectivity index is 2.01. The largest absolute Gasteiger partial charge is 0.378 e. The van der Waals surface area contributed by atoms with Gasteiger partial charge in [0.25, 0.3) is 0 Å². The molecule has 2 heterocycles. The number of amides is 1. The smallest absolute Gasteiger partial charge is 0.224 e. The van der Waals surface area contributed by atoms with Crippen LogP contribution in [0, 0.1) is 5.92 Å². The maximum Gasteiger partial charge on any atom is 0.224 e. The maximum atomic E-state index is 12.0. The van der Waals surface area contributed by atoms with Crippen molar-refractivity contribution >= 4 is 11.7 Å². The summed E-state index contributed by atoms with van der Waals surface area (Å²) in [5.41, 5.74) is 6.78. The number of rotatable bonds is 5. The molecule has 0 aliphatic carbocycles. The van der Waals surface area contributed by atoms with Crippen molar-refractivity contribution in [3.63, 3.8) is 0 Å². The number of carbonyl (C=O) groups is 1. The summed E-state index contributed by atoms with van der Waals surface area (Å²) < 4.78 is 5.36. The predicted molar refractivity (Wildman–Crippen MR) is 81.9 cm³/mol. The number of nitrogens with zero attached hydrogens (tertiary/aromatic N) is 2. The van der Waals surface area contributed by atoms with Crippen LogP contribution in [0.4, 0.5) is 5.82 Å². The van der Waals surface area contributed by atoms with E-state index in [1.807, 2.05) is 26.0 Å². The van der Waals surface area contributed by atoms with Gasteiger partial charge < -0.3 is 20.7 Å². The molecule has 6 nitrogen and oxygen atoms in total. The Kier molecular flexibility index (Phi) is 5.52. The summed E-state index contributed by atoms with van der Waals surface area (Å²) in [6.45, 7) is 7.23. The number of hydrogen-bond acceptors (Lipinski definition) is 5. The average molecular weight is 292 g/mol. The van der Waals surface area contributed by atoms with Crippen molar-refractivity contribution in [1.82, 2.24) is 10.3 Å². The van der Waals surface area contributed by atoms with Crippen molar-refractivity contribution in [2.75, 3.05) is 31.2 Å². The number of nitrogens with one attached hydrogen (secondary N) is 1. The highest BCUT2D eigenvalue weighted by molar-refractivity contribution is 5.79. The summed E-state index contributed by atoms with van der Waals surface area (Å²) in [5.74, 6) is 0.699. The molecule has 2 rings (SSSR count). The Morgan fingerprint density at radius 2 is 2.19 bits per heavy atom. The first-order valence-corrected chi connectivity index (χ1v) is 7.39. The van der Waals surface area contributed by atoms with Crippen LogP contribution in [0.2, 0.25) is 0 Å². The molecular weight excluding hydrogens is 268 g/mol. The molecule has 1 saturated heterocycles. The highest BCUT2D eigenvalue weighted by Gasteiger charge is 2.19. The molecule has 1 fully saturated rings. The van der Waals surface area contributed by atoms with Gasteiger partial charge in [0.05, 0.1) is 13.2 Å². The molecule has 3 N–H and O–H groups in total. The molecular formula is C15H24N4O2. The van der Waals surface area contributed by atoms with Gasteiger partial charge in [-0.2, -0.15) is 0 Å². The van der Waals surface area contributed by atoms with Crippen molar-refractivity contribution in [3.8, 4) is 0 Å². The number of nitrogens with two attached hydrogens (primary N) is 1. The van der Waals surface area contributed by atoms with Crippen molar-refractivity contribution < 1.29 is 9.53 Å². The van der Waals surface area contributed by atoms with E-state index in [9.17, 15) is 4.79 Å². The monoisotopic (exact) mass is 292 g/mol. The third kappa shape index (κ3) is 4.15. The number of carbonyl (C=O) groups excluding carboxylic acids is 1. The summed E-state index contributed by atoms with van der Waals surface area (Å²) in [6, 6.07) is 3.73. The Morgan fingerprint density at radius 3 is 2.86 bits per heavy atom. The molecule has 1 aliphatic heterocycles. The molecule has 0 spiro atoms. The average Bonchev–Trinajstić information content (AvgIpc) is 2.52. The molecule has 6 heteroatoms. The summed E-state index contributed by atoms with van der Waals surface area (Å²) in [7, 11) is 0. The van der Waals surface area contributed by atoms with Crippen LogP contribution in [0.5, 0.6) is 0 Å². The minimum Gasteiger partial charge on any atom is -0.378 e. The fourth-order valence-corrected chi connectivity index (χ4v) is 2.21. The molecule has 2 unspecified atom stereocenters. The van der Waals surface area contributed by atoms with Crippen LogP contribution < -0.4 is 16.0 Å². The molecule has 116 valence electrons. The number of morpholine rings is 1. The molecule has 1 aromatic rings. The summed E-state index contributed by atoms with van der Waals surface area (Å²) in [5, 5.41) is 2.94. The Morgan fingerprint density at radius 1 is 1.48 bits per heavy atom. The lowest BCUT2D eigenvalue weighted by atomic mass is 10.0. The first-order valence-electron chi connectivity index (χ1n) is 7.39. The van der Waals surface area contributed by atoms with Crippen LogP contribution in [0.1, 0.15) is 19.4 Å². The molecule has 0 aromatic carbocycles. The first kappa shape index (κ1) is 15.7. The van der Waals surface area contributed by atoms with Gasteiger partial charge >= 0.3 is 0 Å². The molecule has 1 aliphatic rings. The van der Waals surface area contributed by atoms with E-state index in [1.54, 1.807) is 6.20 Å². The summed E-state index contributed by atoms with van der Waals surface area (Å²) in [4.78, 5) is 18.6. The van der Waals surface area contributed by atoms with E-state index in [-0.39, 0.29) is 17.9 Å². The second kappa shape index (κ2) is 7.38. The van der Waals surface area contributed by atoms with E-state index in [4.69, 9.17) is 10.5 Å². The fraction of sp³-hybridized carbons (Fsp3) is 0.600. The van der Waals surface area contributed by atoms with Gasteiger partial charge in [0.15, 0.2) is 0 Å². The van der Waals surface area contributed by atoms with Gasteiger partial charge in [-0.05, 0) is 13.0 Å². The topological polar surface area (TPSA) is 80.5 Å². The Bertz CT molecular complexity index is 472. The number of ether oxygens (including phenoxy) is 1. The predicted octanol–water partition coefficient (Wildman–Crippen LogP) is 0.518. The lowest BCUT2D eigenvalue weighted by Crippen LogP contribution is -2.39. The lowest BCUT2D eigenvalue weighted by molar-refractivity contribution is -0.125. The van der Waals surface area contributed by atoms with Gasteiger partial charge in [-0.1, -0.05) is 13.0 Å². The second-order valence-corrected chi connectivity index (χ2v) is 5.45. The van der Waals surface area contributed by atoms with Crippen LogP contribution in [0.15, 0.2) is 18.3 Å². The van der Waals surface area contributed by atoms with Crippen molar-refractivity contribution in [1.29, 1.82) is 0 Å². The molecule has 0 radical (unpaired) electrons. The molecule has 1 aromatic heterocycles. The van der Waals surface area contributed by atoms with Crippen LogP contribution in [-0.2, 0) is 16.1 Å². The first-order chi connectivity index (χ1) is 10.1. The summed E-state index contributed by atoms with van der Waals surface area (Å²) >= 11 is 0. The van der Waals surface area contributed by atoms with Gasteiger partial charge in [0, 0.05) is 43.4 Å². The van der Waals surface area contributed by atoms with Crippen molar-refractivity contribution in [2.45, 2.75) is 26.4 Å². The van der Waals surface area contributed by atoms with Gasteiger partial charge in [-0.15, -0.1) is 0 Å². The van der Waals surface area contributed by atoms with Crippen LogP contribution >= 0.6 is 0 Å². The van der Waals surface area contributed by atoms with E-state index in [0.717, 1.165) is 24.5 Å². The van der Waals surface area contributed by atoms with Crippen molar-refractivity contribution in [3.05, 3.63) is 23.9 Å². The number of anilines is 1. The highest BCUT2D eigenvalue weighted by Crippen LogP contribution is 2.18. The molecule has 2 atom stereocenters. The van der Waals surface area contributed by atoms with Gasteiger partial charge in [-0.3, -0.25) is 4.79 Å². The zero-order chi connectivity index (χ0) is 15.2. The van der Waals surface area contributed by atoms with Crippen molar-refractivity contribution in [2.24, 2.45) is 11.7 Å². The normalized spacial score (nSPS) is 18.1. The molecule has 0 saturated carbocycles. The zero-order valence-corrected chi connectivity index (χ0v) is 12.7. The number of aromatic nitrogens is 1.